The lowest BCUT2D eigenvalue weighted by Crippen LogP contribution is -2.35. The van der Waals surface area contributed by atoms with Gasteiger partial charge >= 0.3 is 5.51 Å². The maximum Gasteiger partial charge on any atom is 0.503 e. The minimum Gasteiger partial charge on any atom is -0.341 e. The third kappa shape index (κ3) is 3.88. The molecule has 2 rings (SSSR count). The largest absolute Gasteiger partial charge is 0.503 e. The zero-order valence-electron chi connectivity index (χ0n) is 13.2. The molecule has 0 N–H and O–H groups in total. The Hall–Kier alpha value is -1.64. The van der Waals surface area contributed by atoms with E-state index in [4.69, 9.17) is 0 Å². The molecule has 134 valence electrons. The molecule has 1 saturated carbocycles. The van der Waals surface area contributed by atoms with E-state index in [9.17, 15) is 26.4 Å². The molecule has 1 heterocycles. The van der Waals surface area contributed by atoms with Gasteiger partial charge in [-0.1, -0.05) is 19.3 Å². The molecule has 0 bridgehead atoms. The maximum atomic E-state index is 12.8. The van der Waals surface area contributed by atoms with Crippen LogP contribution in [0.1, 0.15) is 42.5 Å². The van der Waals surface area contributed by atoms with Crippen molar-refractivity contribution in [3.63, 3.8) is 0 Å². The van der Waals surface area contributed by atoms with Gasteiger partial charge in [-0.2, -0.15) is 13.2 Å². The number of amides is 1. The highest BCUT2D eigenvalue weighted by molar-refractivity contribution is 7.92. The van der Waals surface area contributed by atoms with Gasteiger partial charge in [-0.25, -0.2) is 13.4 Å². The van der Waals surface area contributed by atoms with Crippen molar-refractivity contribution in [2.75, 3.05) is 13.6 Å². The third-order valence-corrected chi connectivity index (χ3v) is 5.61. The summed E-state index contributed by atoms with van der Waals surface area (Å²) in [5.74, 6) is -0.483. The molecule has 0 saturated heterocycles. The first kappa shape index (κ1) is 18.7. The average molecular weight is 364 g/mol. The van der Waals surface area contributed by atoms with E-state index in [1.807, 2.05) is 0 Å². The lowest BCUT2D eigenvalue weighted by molar-refractivity contribution is -0.0438. The Morgan fingerprint density at radius 3 is 2.50 bits per heavy atom. The van der Waals surface area contributed by atoms with Crippen LogP contribution in [0.4, 0.5) is 13.2 Å². The van der Waals surface area contributed by atoms with Crippen LogP contribution in [0.15, 0.2) is 23.4 Å². The number of sulfone groups is 1. The van der Waals surface area contributed by atoms with Crippen molar-refractivity contribution in [1.82, 2.24) is 9.88 Å². The normalized spacial score (nSPS) is 16.8. The highest BCUT2D eigenvalue weighted by Crippen LogP contribution is 2.31. The fourth-order valence-corrected chi connectivity index (χ4v) is 3.79. The molecule has 0 aliphatic heterocycles. The average Bonchev–Trinajstić information content (AvgIpc) is 2.54. The Balaban J connectivity index is 2.27. The molecule has 1 fully saturated rings. The summed E-state index contributed by atoms with van der Waals surface area (Å²) < 4.78 is 61.6. The van der Waals surface area contributed by atoms with Crippen molar-refractivity contribution >= 4 is 15.7 Å². The van der Waals surface area contributed by atoms with Crippen LogP contribution in [-0.2, 0) is 9.84 Å². The minimum absolute atomic E-state index is 0.284. The van der Waals surface area contributed by atoms with Gasteiger partial charge in [0.25, 0.3) is 15.7 Å². The van der Waals surface area contributed by atoms with E-state index in [0.29, 0.717) is 6.54 Å². The van der Waals surface area contributed by atoms with Crippen molar-refractivity contribution in [3.05, 3.63) is 23.9 Å². The second-order valence-corrected chi connectivity index (χ2v) is 7.85. The van der Waals surface area contributed by atoms with Gasteiger partial charge in [0.1, 0.15) is 0 Å². The van der Waals surface area contributed by atoms with Crippen LogP contribution in [0, 0.1) is 5.92 Å². The van der Waals surface area contributed by atoms with Gasteiger partial charge in [0, 0.05) is 19.8 Å². The summed E-state index contributed by atoms with van der Waals surface area (Å²) in [5.41, 5.74) is -6.05. The van der Waals surface area contributed by atoms with Crippen molar-refractivity contribution in [2.24, 2.45) is 5.92 Å². The van der Waals surface area contributed by atoms with Gasteiger partial charge < -0.3 is 4.90 Å². The summed E-state index contributed by atoms with van der Waals surface area (Å²) in [7, 11) is -4.21. The van der Waals surface area contributed by atoms with Crippen molar-refractivity contribution in [2.45, 2.75) is 42.6 Å². The summed E-state index contributed by atoms with van der Waals surface area (Å²) >= 11 is 0. The van der Waals surface area contributed by atoms with E-state index >= 15 is 0 Å². The molecule has 1 aliphatic carbocycles. The molecule has 0 spiro atoms. The van der Waals surface area contributed by atoms with Crippen LogP contribution in [0.25, 0.3) is 0 Å². The minimum atomic E-state index is -5.68. The number of nitrogens with zero attached hydrogens (tertiary/aromatic N) is 2. The van der Waals surface area contributed by atoms with Crippen LogP contribution in [0.3, 0.4) is 0 Å². The quantitative estimate of drug-likeness (QED) is 0.824. The molecule has 0 atom stereocenters. The van der Waals surface area contributed by atoms with Crippen LogP contribution in [0.2, 0.25) is 0 Å². The van der Waals surface area contributed by atoms with Crippen molar-refractivity contribution < 1.29 is 26.4 Å². The predicted octanol–water partition coefficient (Wildman–Crippen LogP) is 3.03. The molecule has 1 aromatic heterocycles. The third-order valence-electron chi connectivity index (χ3n) is 4.16. The Kier molecular flexibility index (Phi) is 5.52. The van der Waals surface area contributed by atoms with Crippen molar-refractivity contribution in [3.8, 4) is 0 Å². The standard InChI is InChI=1S/C15H19F3N2O3S/c1-20(10-11-6-3-2-4-7-11)14(21)12-8-5-9-19-13(12)24(22,23)15(16,17)18/h5,8-9,11H,2-4,6-7,10H2,1H3. The second-order valence-electron chi connectivity index (χ2n) is 6.00. The number of carbonyl (C=O) groups excluding carboxylic acids is 1. The summed E-state index contributed by atoms with van der Waals surface area (Å²) in [6.07, 6.45) is 6.11. The number of hydrogen-bond donors (Lipinski definition) is 0. The first-order chi connectivity index (χ1) is 11.1. The number of rotatable bonds is 4. The van der Waals surface area contributed by atoms with Gasteiger partial charge in [0.2, 0.25) is 0 Å². The predicted molar refractivity (Wildman–Crippen MR) is 81.0 cm³/mol. The molecule has 1 aromatic rings. The monoisotopic (exact) mass is 364 g/mol. The Labute approximate surface area is 138 Å². The number of halogens is 3. The number of carbonyl (C=O) groups is 1. The van der Waals surface area contributed by atoms with Crippen LogP contribution >= 0.6 is 0 Å². The SMILES string of the molecule is CN(CC1CCCCC1)C(=O)c1cccnc1S(=O)(=O)C(F)(F)F. The fourth-order valence-electron chi connectivity index (χ4n) is 2.92. The lowest BCUT2D eigenvalue weighted by atomic mass is 9.89. The Morgan fingerprint density at radius 1 is 1.29 bits per heavy atom. The molecule has 9 heteroatoms. The van der Waals surface area contributed by atoms with E-state index in [-0.39, 0.29) is 5.92 Å². The smallest absolute Gasteiger partial charge is 0.341 e. The molecule has 0 unspecified atom stereocenters. The van der Waals surface area contributed by atoms with E-state index in [1.54, 1.807) is 0 Å². The summed E-state index contributed by atoms with van der Waals surface area (Å²) in [6.45, 7) is 0.388. The van der Waals surface area contributed by atoms with Crippen molar-refractivity contribution in [1.29, 1.82) is 0 Å². The Morgan fingerprint density at radius 2 is 1.92 bits per heavy atom. The number of pyridine rings is 1. The molecule has 0 radical (unpaired) electrons. The van der Waals surface area contributed by atoms with Crippen LogP contribution in [-0.4, -0.2) is 43.3 Å². The van der Waals surface area contributed by atoms with Gasteiger partial charge in [0.05, 0.1) is 5.56 Å². The zero-order valence-corrected chi connectivity index (χ0v) is 14.0. The molecule has 5 nitrogen and oxygen atoms in total. The summed E-state index contributed by atoms with van der Waals surface area (Å²) in [4.78, 5) is 17.1. The molecule has 1 aliphatic rings. The number of alkyl halides is 3. The highest BCUT2D eigenvalue weighted by atomic mass is 32.2. The zero-order chi connectivity index (χ0) is 18.0. The van der Waals surface area contributed by atoms with E-state index in [2.05, 4.69) is 4.98 Å². The number of aromatic nitrogens is 1. The summed E-state index contributed by atoms with van der Waals surface area (Å²) in [5, 5.41) is -1.24. The van der Waals surface area contributed by atoms with Crippen LogP contribution < -0.4 is 0 Å². The van der Waals surface area contributed by atoms with E-state index in [1.165, 1.54) is 18.0 Å². The molecular weight excluding hydrogens is 345 g/mol. The van der Waals surface area contributed by atoms with Gasteiger partial charge in [-0.05, 0) is 30.9 Å². The highest BCUT2D eigenvalue weighted by Gasteiger charge is 2.49. The van der Waals surface area contributed by atoms with Gasteiger partial charge in [-0.3, -0.25) is 4.79 Å². The topological polar surface area (TPSA) is 67.3 Å². The first-order valence-electron chi connectivity index (χ1n) is 7.66. The Bertz CT molecular complexity index is 698. The lowest BCUT2D eigenvalue weighted by Gasteiger charge is -2.27. The fraction of sp³-hybridized carbons (Fsp3) is 0.600. The summed E-state index contributed by atoms with van der Waals surface area (Å²) in [6, 6.07) is 2.31. The van der Waals surface area contributed by atoms with E-state index < -0.39 is 31.8 Å². The number of hydrogen-bond acceptors (Lipinski definition) is 4. The second kappa shape index (κ2) is 7.08. The molecule has 1 amide bonds. The van der Waals surface area contributed by atoms with Crippen LogP contribution in [0.5, 0.6) is 0 Å². The molecule has 0 aromatic carbocycles. The molecular formula is C15H19F3N2O3S. The molecule has 24 heavy (non-hydrogen) atoms. The van der Waals surface area contributed by atoms with Gasteiger partial charge in [0.15, 0.2) is 5.03 Å². The first-order valence-corrected chi connectivity index (χ1v) is 9.14. The maximum absolute atomic E-state index is 12.8. The van der Waals surface area contributed by atoms with E-state index in [0.717, 1.165) is 44.4 Å². The van der Waals surface area contributed by atoms with Gasteiger partial charge in [-0.15, -0.1) is 0 Å².